The summed E-state index contributed by atoms with van der Waals surface area (Å²) in [6.45, 7) is 4.34. The molecule has 18 heavy (non-hydrogen) atoms. The number of hydrogen-bond acceptors (Lipinski definition) is 2. The summed E-state index contributed by atoms with van der Waals surface area (Å²) in [7, 11) is 0. The van der Waals surface area contributed by atoms with E-state index < -0.39 is 5.41 Å². The average Bonchev–Trinajstić information content (AvgIpc) is 2.41. The molecule has 3 heteroatoms. The number of benzene rings is 1. The van der Waals surface area contributed by atoms with E-state index in [1.165, 1.54) is 4.90 Å². The maximum Gasteiger partial charge on any atom is 0.239 e. The highest BCUT2D eigenvalue weighted by molar-refractivity contribution is 6.03. The van der Waals surface area contributed by atoms with E-state index >= 15 is 0 Å². The third kappa shape index (κ3) is 1.84. The van der Waals surface area contributed by atoms with Gasteiger partial charge in [0, 0.05) is 13.0 Å². The molecular weight excluding hydrogens is 226 g/mol. The van der Waals surface area contributed by atoms with Crippen molar-refractivity contribution in [2.75, 3.05) is 6.54 Å². The first-order valence-corrected chi connectivity index (χ1v) is 6.56. The van der Waals surface area contributed by atoms with Crippen LogP contribution >= 0.6 is 0 Å². The van der Waals surface area contributed by atoms with Gasteiger partial charge in [0.2, 0.25) is 11.8 Å². The lowest BCUT2D eigenvalue weighted by molar-refractivity contribution is -0.153. The molecule has 1 aromatic carbocycles. The molecule has 1 aliphatic heterocycles. The maximum atomic E-state index is 12.6. The minimum absolute atomic E-state index is 0.0325. The second kappa shape index (κ2) is 4.92. The molecule has 0 bridgehead atoms. The van der Waals surface area contributed by atoms with Crippen molar-refractivity contribution in [3.8, 4) is 0 Å². The molecular formula is C15H19NO2. The molecule has 0 aromatic heterocycles. The normalized spacial score (nSPS) is 24.4. The van der Waals surface area contributed by atoms with Gasteiger partial charge in [-0.2, -0.15) is 0 Å². The summed E-state index contributed by atoms with van der Waals surface area (Å²) in [6, 6.07) is 9.83. The van der Waals surface area contributed by atoms with Gasteiger partial charge in [-0.3, -0.25) is 14.5 Å². The van der Waals surface area contributed by atoms with Crippen molar-refractivity contribution in [3.63, 3.8) is 0 Å². The van der Waals surface area contributed by atoms with Crippen LogP contribution in [0.25, 0.3) is 0 Å². The van der Waals surface area contributed by atoms with Crippen molar-refractivity contribution in [1.29, 1.82) is 0 Å². The predicted molar refractivity (Wildman–Crippen MR) is 70.0 cm³/mol. The molecule has 0 radical (unpaired) electrons. The van der Waals surface area contributed by atoms with E-state index in [9.17, 15) is 9.59 Å². The SMILES string of the molecule is CCN1C(=O)CCC(CC)(c2ccccc2)C1=O. The standard InChI is InChI=1S/C15H19NO2/c1-3-15(12-8-6-5-7-9-12)11-10-13(17)16(4-2)14(15)18/h5-9H,3-4,10-11H2,1-2H3. The number of imide groups is 1. The summed E-state index contributed by atoms with van der Waals surface area (Å²) in [5.74, 6) is -0.0718. The molecule has 2 rings (SSSR count). The third-order valence-electron chi connectivity index (χ3n) is 3.97. The van der Waals surface area contributed by atoms with E-state index in [2.05, 4.69) is 0 Å². The minimum atomic E-state index is -0.509. The molecule has 1 heterocycles. The Morgan fingerprint density at radius 1 is 1.17 bits per heavy atom. The van der Waals surface area contributed by atoms with E-state index in [4.69, 9.17) is 0 Å². The number of carbonyl (C=O) groups is 2. The zero-order valence-electron chi connectivity index (χ0n) is 11.0. The minimum Gasteiger partial charge on any atom is -0.282 e. The molecule has 2 amide bonds. The van der Waals surface area contributed by atoms with Crippen molar-refractivity contribution in [3.05, 3.63) is 35.9 Å². The van der Waals surface area contributed by atoms with Crippen molar-refractivity contribution < 1.29 is 9.59 Å². The molecule has 1 fully saturated rings. The Kier molecular flexibility index (Phi) is 3.50. The molecule has 0 aliphatic carbocycles. The van der Waals surface area contributed by atoms with Crippen LogP contribution in [0.4, 0.5) is 0 Å². The van der Waals surface area contributed by atoms with E-state index in [1.807, 2.05) is 44.2 Å². The first kappa shape index (κ1) is 12.8. The lowest BCUT2D eigenvalue weighted by Gasteiger charge is -2.40. The van der Waals surface area contributed by atoms with Gasteiger partial charge in [-0.1, -0.05) is 37.3 Å². The van der Waals surface area contributed by atoms with Crippen molar-refractivity contribution in [2.45, 2.75) is 38.5 Å². The fourth-order valence-corrected chi connectivity index (χ4v) is 2.81. The molecule has 1 saturated heterocycles. The zero-order chi connectivity index (χ0) is 13.2. The summed E-state index contributed by atoms with van der Waals surface area (Å²) in [4.78, 5) is 25.8. The largest absolute Gasteiger partial charge is 0.282 e. The highest BCUT2D eigenvalue weighted by Gasteiger charge is 2.46. The molecule has 3 nitrogen and oxygen atoms in total. The number of rotatable bonds is 3. The van der Waals surface area contributed by atoms with Crippen LogP contribution in [0.15, 0.2) is 30.3 Å². The molecule has 1 aliphatic rings. The van der Waals surface area contributed by atoms with Crippen LogP contribution in [0.2, 0.25) is 0 Å². The van der Waals surface area contributed by atoms with Crippen molar-refractivity contribution in [2.24, 2.45) is 0 Å². The third-order valence-corrected chi connectivity index (χ3v) is 3.97. The van der Waals surface area contributed by atoms with Gasteiger partial charge in [0.1, 0.15) is 0 Å². The average molecular weight is 245 g/mol. The molecule has 0 spiro atoms. The highest BCUT2D eigenvalue weighted by Crippen LogP contribution is 2.38. The zero-order valence-corrected chi connectivity index (χ0v) is 11.0. The number of piperidine rings is 1. The van der Waals surface area contributed by atoms with Crippen LogP contribution in [-0.2, 0) is 15.0 Å². The fraction of sp³-hybridized carbons (Fsp3) is 0.467. The number of nitrogens with zero attached hydrogens (tertiary/aromatic N) is 1. The van der Waals surface area contributed by atoms with Gasteiger partial charge < -0.3 is 0 Å². The summed E-state index contributed by atoms with van der Waals surface area (Å²) in [5, 5.41) is 0. The first-order chi connectivity index (χ1) is 8.65. The van der Waals surface area contributed by atoms with Gasteiger partial charge in [-0.05, 0) is 25.3 Å². The topological polar surface area (TPSA) is 37.4 Å². The van der Waals surface area contributed by atoms with Crippen LogP contribution in [-0.4, -0.2) is 23.3 Å². The van der Waals surface area contributed by atoms with Crippen LogP contribution in [0.3, 0.4) is 0 Å². The Morgan fingerprint density at radius 2 is 1.83 bits per heavy atom. The van der Waals surface area contributed by atoms with Gasteiger partial charge in [0.05, 0.1) is 5.41 Å². The first-order valence-electron chi connectivity index (χ1n) is 6.56. The molecule has 1 unspecified atom stereocenters. The van der Waals surface area contributed by atoms with E-state index in [0.29, 0.717) is 19.4 Å². The lowest BCUT2D eigenvalue weighted by atomic mass is 9.71. The van der Waals surface area contributed by atoms with Crippen molar-refractivity contribution in [1.82, 2.24) is 4.90 Å². The van der Waals surface area contributed by atoms with Crippen LogP contribution in [0.5, 0.6) is 0 Å². The quantitative estimate of drug-likeness (QED) is 0.767. The van der Waals surface area contributed by atoms with Gasteiger partial charge in [0.25, 0.3) is 0 Å². The summed E-state index contributed by atoms with van der Waals surface area (Å²) in [5.41, 5.74) is 0.522. The Morgan fingerprint density at radius 3 is 2.39 bits per heavy atom. The maximum absolute atomic E-state index is 12.6. The van der Waals surface area contributed by atoms with Crippen molar-refractivity contribution >= 4 is 11.8 Å². The number of hydrogen-bond donors (Lipinski definition) is 0. The predicted octanol–water partition coefficient (Wildman–Crippen LogP) is 2.50. The highest BCUT2D eigenvalue weighted by atomic mass is 16.2. The van der Waals surface area contributed by atoms with E-state index in [0.717, 1.165) is 12.0 Å². The summed E-state index contributed by atoms with van der Waals surface area (Å²) < 4.78 is 0. The molecule has 1 atom stereocenters. The smallest absolute Gasteiger partial charge is 0.239 e. The second-order valence-corrected chi connectivity index (χ2v) is 4.74. The van der Waals surface area contributed by atoms with Crippen LogP contribution in [0, 0.1) is 0 Å². The Labute approximate surface area is 108 Å². The van der Waals surface area contributed by atoms with Crippen LogP contribution < -0.4 is 0 Å². The van der Waals surface area contributed by atoms with Crippen LogP contribution in [0.1, 0.15) is 38.7 Å². The number of likely N-dealkylation sites (N-methyl/N-ethyl adjacent to an activating group) is 1. The second-order valence-electron chi connectivity index (χ2n) is 4.74. The van der Waals surface area contributed by atoms with E-state index in [-0.39, 0.29) is 11.8 Å². The molecule has 1 aromatic rings. The van der Waals surface area contributed by atoms with Gasteiger partial charge >= 0.3 is 0 Å². The van der Waals surface area contributed by atoms with Gasteiger partial charge in [-0.25, -0.2) is 0 Å². The Balaban J connectivity index is 2.45. The number of carbonyl (C=O) groups excluding carboxylic acids is 2. The monoisotopic (exact) mass is 245 g/mol. The molecule has 0 N–H and O–H groups in total. The number of likely N-dealkylation sites (tertiary alicyclic amines) is 1. The van der Waals surface area contributed by atoms with E-state index in [1.54, 1.807) is 0 Å². The Hall–Kier alpha value is -1.64. The summed E-state index contributed by atoms with van der Waals surface area (Å²) >= 11 is 0. The lowest BCUT2D eigenvalue weighted by Crippen LogP contribution is -2.53. The van der Waals surface area contributed by atoms with Gasteiger partial charge in [0.15, 0.2) is 0 Å². The fourth-order valence-electron chi connectivity index (χ4n) is 2.81. The number of amides is 2. The molecule has 0 saturated carbocycles. The Bertz CT molecular complexity index is 455. The molecule has 96 valence electrons. The van der Waals surface area contributed by atoms with Gasteiger partial charge in [-0.15, -0.1) is 0 Å². The summed E-state index contributed by atoms with van der Waals surface area (Å²) in [6.07, 6.45) is 1.82.